The van der Waals surface area contributed by atoms with Crippen LogP contribution in [0.25, 0.3) is 0 Å². The lowest BCUT2D eigenvalue weighted by atomic mass is 10.2. The second-order valence-electron chi connectivity index (χ2n) is 4.18. The third-order valence-electron chi connectivity index (χ3n) is 2.57. The predicted molar refractivity (Wildman–Crippen MR) is 73.6 cm³/mol. The van der Waals surface area contributed by atoms with E-state index in [1.807, 2.05) is 19.0 Å². The summed E-state index contributed by atoms with van der Waals surface area (Å²) < 4.78 is 0. The number of rotatable bonds is 3. The molecule has 6 nitrogen and oxygen atoms in total. The van der Waals surface area contributed by atoms with Crippen LogP contribution in [-0.2, 0) is 0 Å². The average molecular weight is 258 g/mol. The Morgan fingerprint density at radius 2 is 2.16 bits per heavy atom. The molecule has 19 heavy (non-hydrogen) atoms. The summed E-state index contributed by atoms with van der Waals surface area (Å²) in [4.78, 5) is 31.5. The lowest BCUT2D eigenvalue weighted by Crippen LogP contribution is -2.18. The first-order valence-corrected chi connectivity index (χ1v) is 5.69. The van der Waals surface area contributed by atoms with Gasteiger partial charge in [0.05, 0.1) is 17.6 Å². The van der Waals surface area contributed by atoms with E-state index in [-0.39, 0.29) is 11.5 Å². The smallest absolute Gasteiger partial charge is 0.256 e. The molecule has 2 aromatic heterocycles. The number of anilines is 2. The molecule has 0 aliphatic rings. The molecule has 0 aromatic carbocycles. The summed E-state index contributed by atoms with van der Waals surface area (Å²) in [7, 11) is 3.75. The van der Waals surface area contributed by atoms with Gasteiger partial charge in [-0.1, -0.05) is 0 Å². The Balaban J connectivity index is 2.27. The van der Waals surface area contributed by atoms with E-state index in [1.165, 1.54) is 12.3 Å². The van der Waals surface area contributed by atoms with Crippen LogP contribution in [0, 0.1) is 0 Å². The molecule has 0 fully saturated rings. The SMILES string of the molecule is CN(C)c1ccncc1NC(=O)c1cc[nH]c(=O)c1. The fourth-order valence-electron chi connectivity index (χ4n) is 1.65. The molecule has 0 saturated carbocycles. The number of nitrogens with zero attached hydrogens (tertiary/aromatic N) is 2. The van der Waals surface area contributed by atoms with Gasteiger partial charge in [0.25, 0.3) is 5.91 Å². The van der Waals surface area contributed by atoms with Crippen LogP contribution in [0.2, 0.25) is 0 Å². The van der Waals surface area contributed by atoms with Gasteiger partial charge in [-0.2, -0.15) is 0 Å². The highest BCUT2D eigenvalue weighted by atomic mass is 16.2. The van der Waals surface area contributed by atoms with Gasteiger partial charge in [0.2, 0.25) is 5.56 Å². The Hall–Kier alpha value is -2.63. The molecular formula is C13H14N4O2. The number of aromatic amines is 1. The van der Waals surface area contributed by atoms with E-state index in [0.717, 1.165) is 5.69 Å². The zero-order valence-corrected chi connectivity index (χ0v) is 10.7. The lowest BCUT2D eigenvalue weighted by Gasteiger charge is -2.17. The molecule has 0 aliphatic carbocycles. The molecule has 2 heterocycles. The number of H-pyrrole nitrogens is 1. The molecule has 0 radical (unpaired) electrons. The van der Waals surface area contributed by atoms with Crippen LogP contribution < -0.4 is 15.8 Å². The number of carbonyl (C=O) groups is 1. The molecule has 1 amide bonds. The minimum Gasteiger partial charge on any atom is -0.376 e. The normalized spacial score (nSPS) is 10.0. The summed E-state index contributed by atoms with van der Waals surface area (Å²) in [6.07, 6.45) is 4.66. The second kappa shape index (κ2) is 5.34. The molecule has 0 aliphatic heterocycles. The number of hydrogen-bond donors (Lipinski definition) is 2. The maximum absolute atomic E-state index is 12.0. The van der Waals surface area contributed by atoms with Crippen molar-refractivity contribution >= 4 is 17.3 Å². The molecule has 2 aromatic rings. The van der Waals surface area contributed by atoms with Crippen molar-refractivity contribution in [2.75, 3.05) is 24.3 Å². The van der Waals surface area contributed by atoms with E-state index in [0.29, 0.717) is 11.3 Å². The maximum atomic E-state index is 12.0. The lowest BCUT2D eigenvalue weighted by molar-refractivity contribution is 0.102. The van der Waals surface area contributed by atoms with Crippen molar-refractivity contribution in [3.05, 3.63) is 52.7 Å². The van der Waals surface area contributed by atoms with Gasteiger partial charge in [-0.15, -0.1) is 0 Å². The van der Waals surface area contributed by atoms with Gasteiger partial charge in [0.1, 0.15) is 0 Å². The van der Waals surface area contributed by atoms with E-state index >= 15 is 0 Å². The Morgan fingerprint density at radius 3 is 2.84 bits per heavy atom. The second-order valence-corrected chi connectivity index (χ2v) is 4.18. The van der Waals surface area contributed by atoms with Crippen LogP contribution in [-0.4, -0.2) is 30.0 Å². The number of aromatic nitrogens is 2. The van der Waals surface area contributed by atoms with Gasteiger partial charge >= 0.3 is 0 Å². The van der Waals surface area contributed by atoms with Gasteiger partial charge in [-0.3, -0.25) is 14.6 Å². The summed E-state index contributed by atoms with van der Waals surface area (Å²) in [5.74, 6) is -0.345. The van der Waals surface area contributed by atoms with Gasteiger partial charge < -0.3 is 15.2 Å². The molecular weight excluding hydrogens is 244 g/mol. The van der Waals surface area contributed by atoms with E-state index < -0.39 is 0 Å². The first kappa shape index (κ1) is 12.8. The van der Waals surface area contributed by atoms with E-state index in [1.54, 1.807) is 24.5 Å². The van der Waals surface area contributed by atoms with Crippen molar-refractivity contribution in [1.82, 2.24) is 9.97 Å². The number of amides is 1. The van der Waals surface area contributed by atoms with Crippen molar-refractivity contribution < 1.29 is 4.79 Å². The topological polar surface area (TPSA) is 78.1 Å². The standard InChI is InChI=1S/C13H14N4O2/c1-17(2)11-4-5-14-8-10(11)16-13(19)9-3-6-15-12(18)7-9/h3-8H,1-2H3,(H,15,18)(H,16,19). The molecule has 0 spiro atoms. The van der Waals surface area contributed by atoms with Crippen LogP contribution in [0.15, 0.2) is 41.6 Å². The Morgan fingerprint density at radius 1 is 1.37 bits per heavy atom. The van der Waals surface area contributed by atoms with Crippen LogP contribution in [0.3, 0.4) is 0 Å². The molecule has 0 unspecified atom stereocenters. The largest absolute Gasteiger partial charge is 0.376 e. The fraction of sp³-hybridized carbons (Fsp3) is 0.154. The zero-order valence-electron chi connectivity index (χ0n) is 10.7. The van der Waals surface area contributed by atoms with Gasteiger partial charge in [0.15, 0.2) is 0 Å². The minimum atomic E-state index is -0.345. The number of nitrogens with one attached hydrogen (secondary N) is 2. The van der Waals surface area contributed by atoms with Gasteiger partial charge in [-0.05, 0) is 12.1 Å². The van der Waals surface area contributed by atoms with Crippen LogP contribution in [0.1, 0.15) is 10.4 Å². The maximum Gasteiger partial charge on any atom is 0.256 e. The molecule has 2 N–H and O–H groups in total. The van der Waals surface area contributed by atoms with E-state index in [2.05, 4.69) is 15.3 Å². The molecule has 0 bridgehead atoms. The molecule has 6 heteroatoms. The highest BCUT2D eigenvalue weighted by Gasteiger charge is 2.10. The molecule has 98 valence electrons. The quantitative estimate of drug-likeness (QED) is 0.863. The zero-order chi connectivity index (χ0) is 13.8. The monoisotopic (exact) mass is 258 g/mol. The molecule has 2 rings (SSSR count). The summed E-state index contributed by atoms with van der Waals surface area (Å²) in [5.41, 5.74) is 1.43. The third-order valence-corrected chi connectivity index (χ3v) is 2.57. The van der Waals surface area contributed by atoms with Crippen molar-refractivity contribution in [1.29, 1.82) is 0 Å². The molecule has 0 atom stereocenters. The Bertz CT molecular complexity index is 649. The highest BCUT2D eigenvalue weighted by molar-refractivity contribution is 6.05. The minimum absolute atomic E-state index is 0.303. The van der Waals surface area contributed by atoms with Gasteiger partial charge in [-0.25, -0.2) is 0 Å². The predicted octanol–water partition coefficient (Wildman–Crippen LogP) is 1.09. The van der Waals surface area contributed by atoms with E-state index in [4.69, 9.17) is 0 Å². The first-order chi connectivity index (χ1) is 9.08. The third kappa shape index (κ3) is 2.98. The first-order valence-electron chi connectivity index (χ1n) is 5.69. The van der Waals surface area contributed by atoms with Crippen LogP contribution in [0.4, 0.5) is 11.4 Å². The highest BCUT2D eigenvalue weighted by Crippen LogP contribution is 2.22. The van der Waals surface area contributed by atoms with Crippen molar-refractivity contribution in [2.45, 2.75) is 0 Å². The number of carbonyl (C=O) groups excluding carboxylic acids is 1. The number of pyridine rings is 2. The Kier molecular flexibility index (Phi) is 3.61. The van der Waals surface area contributed by atoms with Crippen molar-refractivity contribution in [3.63, 3.8) is 0 Å². The van der Waals surface area contributed by atoms with Gasteiger partial charge in [0, 0.05) is 38.1 Å². The summed E-state index contributed by atoms with van der Waals surface area (Å²) in [6.45, 7) is 0. The Labute approximate surface area is 110 Å². The van der Waals surface area contributed by atoms with E-state index in [9.17, 15) is 9.59 Å². The summed E-state index contributed by atoms with van der Waals surface area (Å²) in [5, 5.41) is 2.74. The fourth-order valence-corrected chi connectivity index (χ4v) is 1.65. The van der Waals surface area contributed by atoms with Crippen molar-refractivity contribution in [3.8, 4) is 0 Å². The van der Waals surface area contributed by atoms with Crippen LogP contribution in [0.5, 0.6) is 0 Å². The number of hydrogen-bond acceptors (Lipinski definition) is 4. The molecule has 0 saturated heterocycles. The van der Waals surface area contributed by atoms with Crippen molar-refractivity contribution in [2.24, 2.45) is 0 Å². The summed E-state index contributed by atoms with van der Waals surface area (Å²) in [6, 6.07) is 4.59. The van der Waals surface area contributed by atoms with Crippen LogP contribution >= 0.6 is 0 Å². The summed E-state index contributed by atoms with van der Waals surface area (Å²) >= 11 is 0. The average Bonchev–Trinajstić information content (AvgIpc) is 2.39.